The molecule has 4 rings (SSSR count). The molecule has 0 aliphatic carbocycles. The Balaban J connectivity index is 1.59. The Morgan fingerprint density at radius 2 is 2.31 bits per heavy atom. The van der Waals surface area contributed by atoms with E-state index in [1.54, 1.807) is 0 Å². The van der Waals surface area contributed by atoms with Gasteiger partial charge in [-0.3, -0.25) is 9.48 Å². The van der Waals surface area contributed by atoms with Crippen molar-refractivity contribution in [3.05, 3.63) is 51.5 Å². The zero-order valence-electron chi connectivity index (χ0n) is 14.6. The zero-order chi connectivity index (χ0) is 18.1. The van der Waals surface area contributed by atoms with Crippen LogP contribution in [0.4, 0.5) is 0 Å². The average Bonchev–Trinajstić information content (AvgIpc) is 3.20. The van der Waals surface area contributed by atoms with Gasteiger partial charge in [0.15, 0.2) is 0 Å². The molecule has 1 amide bonds. The highest BCUT2D eigenvalue weighted by atomic mass is 35.5. The van der Waals surface area contributed by atoms with Gasteiger partial charge in [0.1, 0.15) is 4.83 Å². The fourth-order valence-electron chi connectivity index (χ4n) is 3.35. The molecule has 1 atom stereocenters. The lowest BCUT2D eigenvalue weighted by Gasteiger charge is -2.23. The van der Waals surface area contributed by atoms with Crippen LogP contribution in [0.2, 0.25) is 5.02 Å². The molecule has 1 fully saturated rings. The number of carbonyl (C=O) groups excluding carboxylic acids is 1. The Hall–Kier alpha value is -1.89. The van der Waals surface area contributed by atoms with Crippen molar-refractivity contribution < 1.29 is 4.79 Å². The molecule has 1 aliphatic rings. The lowest BCUT2D eigenvalue weighted by atomic mass is 10.1. The van der Waals surface area contributed by atoms with E-state index in [0.717, 1.165) is 57.3 Å². The van der Waals surface area contributed by atoms with Crippen LogP contribution in [-0.4, -0.2) is 34.8 Å². The quantitative estimate of drug-likeness (QED) is 0.718. The molecular formula is C19H21ClN4OS. The summed E-state index contributed by atoms with van der Waals surface area (Å²) in [4.78, 5) is 14.4. The first-order valence-electron chi connectivity index (χ1n) is 8.84. The van der Waals surface area contributed by atoms with Crippen LogP contribution in [-0.2, 0) is 6.54 Å². The number of rotatable bonds is 4. The Bertz CT molecular complexity index is 942. The fraction of sp³-hybridized carbons (Fsp3) is 0.368. The minimum Gasteiger partial charge on any atom is -0.347 e. The molecule has 1 unspecified atom stereocenters. The van der Waals surface area contributed by atoms with Crippen LogP contribution in [0, 0.1) is 6.92 Å². The van der Waals surface area contributed by atoms with Gasteiger partial charge in [-0.05, 0) is 44.0 Å². The van der Waals surface area contributed by atoms with Gasteiger partial charge < -0.3 is 10.6 Å². The molecule has 3 aromatic rings. The second-order valence-corrected chi connectivity index (χ2v) is 8.12. The molecule has 2 N–H and O–H groups in total. The minimum atomic E-state index is 0.00333. The molecule has 0 spiro atoms. The molecule has 1 saturated heterocycles. The Labute approximate surface area is 161 Å². The summed E-state index contributed by atoms with van der Waals surface area (Å²) in [5.41, 5.74) is 1.95. The van der Waals surface area contributed by atoms with Crippen LogP contribution in [0.5, 0.6) is 0 Å². The third kappa shape index (κ3) is 3.49. The Morgan fingerprint density at radius 1 is 1.46 bits per heavy atom. The molecular weight excluding hydrogens is 368 g/mol. The second kappa shape index (κ2) is 7.39. The van der Waals surface area contributed by atoms with Crippen molar-refractivity contribution >= 4 is 39.1 Å². The van der Waals surface area contributed by atoms with Crippen molar-refractivity contribution in [3.8, 4) is 0 Å². The highest BCUT2D eigenvalue weighted by molar-refractivity contribution is 7.20. The van der Waals surface area contributed by atoms with Crippen molar-refractivity contribution in [2.24, 2.45) is 0 Å². The summed E-state index contributed by atoms with van der Waals surface area (Å²) < 4.78 is 1.94. The normalized spacial score (nSPS) is 17.5. The van der Waals surface area contributed by atoms with E-state index in [2.05, 4.69) is 15.7 Å². The van der Waals surface area contributed by atoms with Crippen molar-refractivity contribution in [1.29, 1.82) is 0 Å². The predicted molar refractivity (Wildman–Crippen MR) is 106 cm³/mol. The SMILES string of the molecule is Cc1nn(Cc2ccccc2Cl)c2sc(C(=O)NC3CCCNC3)cc12. The van der Waals surface area contributed by atoms with Gasteiger partial charge in [-0.2, -0.15) is 5.10 Å². The maximum absolute atomic E-state index is 12.6. The molecule has 0 bridgehead atoms. The van der Waals surface area contributed by atoms with Gasteiger partial charge >= 0.3 is 0 Å². The standard InChI is InChI=1S/C19H21ClN4OS/c1-12-15-9-17(18(25)22-14-6-4-8-21-10-14)26-19(15)24(23-12)11-13-5-2-3-7-16(13)20/h2-3,5,7,9,14,21H,4,6,8,10-11H2,1H3,(H,22,25). The lowest BCUT2D eigenvalue weighted by molar-refractivity contribution is 0.0935. The molecule has 0 radical (unpaired) electrons. The number of hydrogen-bond acceptors (Lipinski definition) is 4. The molecule has 26 heavy (non-hydrogen) atoms. The van der Waals surface area contributed by atoms with Gasteiger partial charge in [0.25, 0.3) is 5.91 Å². The van der Waals surface area contributed by atoms with E-state index in [1.807, 2.05) is 41.9 Å². The molecule has 5 nitrogen and oxygen atoms in total. The molecule has 7 heteroatoms. The third-order valence-corrected chi connectivity index (χ3v) is 6.26. The number of halogens is 1. The fourth-order valence-corrected chi connectivity index (χ4v) is 4.61. The number of aromatic nitrogens is 2. The summed E-state index contributed by atoms with van der Waals surface area (Å²) in [7, 11) is 0. The van der Waals surface area contributed by atoms with E-state index in [-0.39, 0.29) is 11.9 Å². The molecule has 1 aliphatic heterocycles. The maximum Gasteiger partial charge on any atom is 0.261 e. The van der Waals surface area contributed by atoms with Crippen molar-refractivity contribution in [3.63, 3.8) is 0 Å². The number of aryl methyl sites for hydroxylation is 1. The lowest BCUT2D eigenvalue weighted by Crippen LogP contribution is -2.45. The zero-order valence-corrected chi connectivity index (χ0v) is 16.2. The van der Waals surface area contributed by atoms with Crippen LogP contribution < -0.4 is 10.6 Å². The summed E-state index contributed by atoms with van der Waals surface area (Å²) in [6, 6.07) is 9.95. The summed E-state index contributed by atoms with van der Waals surface area (Å²) in [6.07, 6.45) is 2.13. The monoisotopic (exact) mass is 388 g/mol. The van der Waals surface area contributed by atoms with Gasteiger partial charge in [-0.1, -0.05) is 29.8 Å². The second-order valence-electron chi connectivity index (χ2n) is 6.68. The first kappa shape index (κ1) is 17.5. The molecule has 0 saturated carbocycles. The van der Waals surface area contributed by atoms with Crippen LogP contribution in [0.1, 0.15) is 33.8 Å². The summed E-state index contributed by atoms with van der Waals surface area (Å²) in [5, 5.41) is 12.9. The number of nitrogens with zero attached hydrogens (tertiary/aromatic N) is 2. The maximum atomic E-state index is 12.6. The first-order chi connectivity index (χ1) is 12.6. The van der Waals surface area contributed by atoms with E-state index in [0.29, 0.717) is 6.54 Å². The smallest absolute Gasteiger partial charge is 0.261 e. The number of amides is 1. The van der Waals surface area contributed by atoms with E-state index in [4.69, 9.17) is 11.6 Å². The van der Waals surface area contributed by atoms with Crippen molar-refractivity contribution in [1.82, 2.24) is 20.4 Å². The Kier molecular flexibility index (Phi) is 4.98. The summed E-state index contributed by atoms with van der Waals surface area (Å²) in [6.45, 7) is 4.45. The van der Waals surface area contributed by atoms with Crippen LogP contribution in [0.25, 0.3) is 10.2 Å². The molecule has 1 aromatic carbocycles. The third-order valence-electron chi connectivity index (χ3n) is 4.74. The van der Waals surface area contributed by atoms with E-state index in [1.165, 1.54) is 11.3 Å². The van der Waals surface area contributed by atoms with E-state index < -0.39 is 0 Å². The number of nitrogens with one attached hydrogen (secondary N) is 2. The number of thiophene rings is 1. The van der Waals surface area contributed by atoms with Gasteiger partial charge in [0, 0.05) is 23.0 Å². The Morgan fingerprint density at radius 3 is 3.08 bits per heavy atom. The predicted octanol–water partition coefficient (Wildman–Crippen LogP) is 3.59. The van der Waals surface area contributed by atoms with Crippen LogP contribution in [0.15, 0.2) is 30.3 Å². The van der Waals surface area contributed by atoms with Gasteiger partial charge in [0.05, 0.1) is 17.1 Å². The van der Waals surface area contributed by atoms with Gasteiger partial charge in [0.2, 0.25) is 0 Å². The first-order valence-corrected chi connectivity index (χ1v) is 10.0. The molecule has 136 valence electrons. The topological polar surface area (TPSA) is 59.0 Å². The number of hydrogen-bond donors (Lipinski definition) is 2. The number of fused-ring (bicyclic) bond motifs is 1. The molecule has 2 aromatic heterocycles. The van der Waals surface area contributed by atoms with Crippen LogP contribution in [0.3, 0.4) is 0 Å². The van der Waals surface area contributed by atoms with Gasteiger partial charge in [-0.15, -0.1) is 11.3 Å². The van der Waals surface area contributed by atoms with E-state index >= 15 is 0 Å². The van der Waals surface area contributed by atoms with Crippen molar-refractivity contribution in [2.45, 2.75) is 32.4 Å². The largest absolute Gasteiger partial charge is 0.347 e. The highest BCUT2D eigenvalue weighted by Gasteiger charge is 2.20. The highest BCUT2D eigenvalue weighted by Crippen LogP contribution is 2.29. The molecule has 3 heterocycles. The minimum absolute atomic E-state index is 0.00333. The van der Waals surface area contributed by atoms with Crippen LogP contribution >= 0.6 is 22.9 Å². The number of benzene rings is 1. The number of carbonyl (C=O) groups is 1. The van der Waals surface area contributed by atoms with Gasteiger partial charge in [-0.25, -0.2) is 0 Å². The summed E-state index contributed by atoms with van der Waals surface area (Å²) in [5.74, 6) is 0.00333. The van der Waals surface area contributed by atoms with Crippen molar-refractivity contribution in [2.75, 3.05) is 13.1 Å². The van der Waals surface area contributed by atoms with E-state index in [9.17, 15) is 4.79 Å². The average molecular weight is 389 g/mol. The summed E-state index contributed by atoms with van der Waals surface area (Å²) >= 11 is 7.78. The number of piperidine rings is 1.